The van der Waals surface area contributed by atoms with Crippen LogP contribution >= 0.6 is 23.2 Å². The second kappa shape index (κ2) is 12.2. The number of sulfonamides is 1. The SMILES string of the molecule is CC(C)N1CC2N(C(=O)C(N3CCCCC3)CN2S(=O)(=O)c2ccc(Cl)cc2Cl)C(Cc2ccc(C(F)(F)F)cc2)C1=O. The number of likely N-dealkylation sites (tertiary alicyclic amines) is 1. The lowest BCUT2D eigenvalue weighted by molar-refractivity contribution is -0.172. The highest BCUT2D eigenvalue weighted by atomic mass is 35.5. The van der Waals surface area contributed by atoms with Crippen LogP contribution in [0.1, 0.15) is 44.2 Å². The van der Waals surface area contributed by atoms with Crippen LogP contribution in [-0.4, -0.2) is 89.7 Å². The second-order valence-electron chi connectivity index (χ2n) is 11.5. The molecule has 43 heavy (non-hydrogen) atoms. The van der Waals surface area contributed by atoms with Gasteiger partial charge in [0.2, 0.25) is 21.8 Å². The standard InChI is InChI=1S/C29H33Cl2F3N4O4S/c1-18(2)36-17-26-37(43(41,42)25-11-10-21(30)15-22(25)31)16-24(35-12-4-3-5-13-35)28(40)38(26)23(27(36)39)14-19-6-8-20(9-7-19)29(32,33)34/h6-11,15,18,23-24,26H,3-5,12-14,16-17H2,1-2H3. The van der Waals surface area contributed by atoms with E-state index in [0.29, 0.717) is 18.7 Å². The molecule has 2 amide bonds. The van der Waals surface area contributed by atoms with Crippen molar-refractivity contribution < 1.29 is 31.2 Å². The predicted molar refractivity (Wildman–Crippen MR) is 156 cm³/mol. The molecule has 3 aliphatic heterocycles. The summed E-state index contributed by atoms with van der Waals surface area (Å²) in [6, 6.07) is 6.24. The summed E-state index contributed by atoms with van der Waals surface area (Å²) in [6.45, 7) is 4.58. The molecule has 234 valence electrons. The maximum atomic E-state index is 14.3. The zero-order valence-corrected chi connectivity index (χ0v) is 26.1. The lowest BCUT2D eigenvalue weighted by Crippen LogP contribution is -2.76. The van der Waals surface area contributed by atoms with Gasteiger partial charge in [-0.3, -0.25) is 14.5 Å². The Morgan fingerprint density at radius 3 is 2.16 bits per heavy atom. The number of carbonyl (C=O) groups is 2. The van der Waals surface area contributed by atoms with Gasteiger partial charge in [0.1, 0.15) is 23.1 Å². The third-order valence-corrected chi connectivity index (χ3v) is 11.0. The minimum absolute atomic E-state index is 0.0666. The number of fused-ring (bicyclic) bond motifs is 1. The highest BCUT2D eigenvalue weighted by Gasteiger charge is 2.55. The van der Waals surface area contributed by atoms with Gasteiger partial charge < -0.3 is 9.80 Å². The molecule has 3 unspecified atom stereocenters. The monoisotopic (exact) mass is 660 g/mol. The van der Waals surface area contributed by atoms with E-state index >= 15 is 0 Å². The van der Waals surface area contributed by atoms with E-state index in [0.717, 1.165) is 31.4 Å². The molecule has 0 aromatic heterocycles. The van der Waals surface area contributed by atoms with E-state index in [9.17, 15) is 31.2 Å². The van der Waals surface area contributed by atoms with Gasteiger partial charge in [-0.25, -0.2) is 8.42 Å². The molecule has 2 aromatic carbocycles. The van der Waals surface area contributed by atoms with Crippen molar-refractivity contribution in [3.8, 4) is 0 Å². The molecule has 3 heterocycles. The van der Waals surface area contributed by atoms with Crippen molar-refractivity contribution in [2.24, 2.45) is 0 Å². The fourth-order valence-corrected chi connectivity index (χ4v) is 8.54. The van der Waals surface area contributed by atoms with Gasteiger partial charge in [-0.1, -0.05) is 41.8 Å². The van der Waals surface area contributed by atoms with Crippen LogP contribution in [0.5, 0.6) is 0 Å². The van der Waals surface area contributed by atoms with Crippen LogP contribution in [0.15, 0.2) is 47.4 Å². The molecular weight excluding hydrogens is 628 g/mol. The van der Waals surface area contributed by atoms with Gasteiger partial charge in [-0.2, -0.15) is 17.5 Å². The summed E-state index contributed by atoms with van der Waals surface area (Å²) in [6.07, 6.45) is -2.98. The predicted octanol–water partition coefficient (Wildman–Crippen LogP) is 4.89. The Bertz CT molecular complexity index is 1480. The fraction of sp³-hybridized carbons (Fsp3) is 0.517. The van der Waals surface area contributed by atoms with E-state index in [1.54, 1.807) is 13.8 Å². The summed E-state index contributed by atoms with van der Waals surface area (Å²) >= 11 is 12.4. The normalized spacial score (nSPS) is 24.5. The molecule has 3 aliphatic rings. The molecule has 3 fully saturated rings. The number of benzene rings is 2. The Kier molecular flexibility index (Phi) is 9.08. The molecule has 0 bridgehead atoms. The first-order chi connectivity index (χ1) is 20.2. The summed E-state index contributed by atoms with van der Waals surface area (Å²) in [5.41, 5.74) is -0.414. The van der Waals surface area contributed by atoms with E-state index < -0.39 is 40.0 Å². The van der Waals surface area contributed by atoms with Gasteiger partial charge >= 0.3 is 6.18 Å². The number of halogens is 5. The summed E-state index contributed by atoms with van der Waals surface area (Å²) < 4.78 is 69.5. The van der Waals surface area contributed by atoms with E-state index in [2.05, 4.69) is 0 Å². The van der Waals surface area contributed by atoms with Gasteiger partial charge in [-0.05, 0) is 75.7 Å². The Labute approximate surface area is 259 Å². The van der Waals surface area contributed by atoms with Crippen LogP contribution in [-0.2, 0) is 32.2 Å². The first-order valence-electron chi connectivity index (χ1n) is 14.2. The highest BCUT2D eigenvalue weighted by molar-refractivity contribution is 7.89. The topological polar surface area (TPSA) is 81.2 Å². The number of carbonyl (C=O) groups excluding carboxylic acids is 2. The van der Waals surface area contributed by atoms with Crippen LogP contribution in [0.3, 0.4) is 0 Å². The fourth-order valence-electron chi connectivity index (χ4n) is 6.22. The minimum atomic E-state index is -4.53. The average Bonchev–Trinajstić information content (AvgIpc) is 2.94. The lowest BCUT2D eigenvalue weighted by Gasteiger charge is -2.55. The third-order valence-electron chi connectivity index (χ3n) is 8.46. The van der Waals surface area contributed by atoms with Crippen LogP contribution in [0, 0.1) is 0 Å². The van der Waals surface area contributed by atoms with Crippen molar-refractivity contribution in [3.63, 3.8) is 0 Å². The van der Waals surface area contributed by atoms with Crippen molar-refractivity contribution in [2.45, 2.75) is 74.9 Å². The number of piperazine rings is 1. The number of amides is 2. The number of alkyl halides is 3. The van der Waals surface area contributed by atoms with E-state index in [1.807, 2.05) is 4.90 Å². The maximum absolute atomic E-state index is 14.3. The second-order valence-corrected chi connectivity index (χ2v) is 14.2. The van der Waals surface area contributed by atoms with Crippen LogP contribution in [0.25, 0.3) is 0 Å². The molecular formula is C29H33Cl2F3N4O4S. The Morgan fingerprint density at radius 1 is 0.930 bits per heavy atom. The molecule has 5 rings (SSSR count). The maximum Gasteiger partial charge on any atom is 0.416 e. The Hall–Kier alpha value is -2.38. The average molecular weight is 662 g/mol. The molecule has 2 aromatic rings. The van der Waals surface area contributed by atoms with Gasteiger partial charge in [0.25, 0.3) is 0 Å². The van der Waals surface area contributed by atoms with Crippen molar-refractivity contribution in [1.82, 2.24) is 19.0 Å². The van der Waals surface area contributed by atoms with Gasteiger partial charge in [0.15, 0.2) is 0 Å². The minimum Gasteiger partial charge on any atom is -0.335 e. The first-order valence-corrected chi connectivity index (χ1v) is 16.4. The van der Waals surface area contributed by atoms with E-state index in [4.69, 9.17) is 23.2 Å². The van der Waals surface area contributed by atoms with Gasteiger partial charge in [0, 0.05) is 24.0 Å². The summed E-state index contributed by atoms with van der Waals surface area (Å²) in [5.74, 6) is -0.755. The zero-order chi connectivity index (χ0) is 31.3. The molecule has 0 saturated carbocycles. The lowest BCUT2D eigenvalue weighted by atomic mass is 9.95. The third kappa shape index (κ3) is 6.26. The smallest absolute Gasteiger partial charge is 0.335 e. The largest absolute Gasteiger partial charge is 0.416 e. The Balaban J connectivity index is 1.60. The molecule has 14 heteroatoms. The van der Waals surface area contributed by atoms with E-state index in [-0.39, 0.29) is 52.3 Å². The molecule has 3 saturated heterocycles. The van der Waals surface area contributed by atoms with Crippen LogP contribution in [0.2, 0.25) is 10.0 Å². The highest BCUT2D eigenvalue weighted by Crippen LogP contribution is 2.37. The summed E-state index contributed by atoms with van der Waals surface area (Å²) in [4.78, 5) is 32.9. The molecule has 3 atom stereocenters. The summed E-state index contributed by atoms with van der Waals surface area (Å²) in [7, 11) is -4.30. The number of hydrogen-bond donors (Lipinski definition) is 0. The van der Waals surface area contributed by atoms with Crippen LogP contribution in [0.4, 0.5) is 13.2 Å². The number of hydrogen-bond acceptors (Lipinski definition) is 5. The van der Waals surface area contributed by atoms with Crippen molar-refractivity contribution in [3.05, 3.63) is 63.6 Å². The zero-order valence-electron chi connectivity index (χ0n) is 23.7. The van der Waals surface area contributed by atoms with Crippen molar-refractivity contribution in [2.75, 3.05) is 26.2 Å². The molecule has 0 radical (unpaired) electrons. The van der Waals surface area contributed by atoms with Gasteiger partial charge in [-0.15, -0.1) is 0 Å². The first kappa shape index (κ1) is 32.0. The number of nitrogens with zero attached hydrogens (tertiary/aromatic N) is 4. The van der Waals surface area contributed by atoms with Crippen molar-refractivity contribution in [1.29, 1.82) is 0 Å². The van der Waals surface area contributed by atoms with E-state index in [1.165, 1.54) is 44.4 Å². The summed E-state index contributed by atoms with van der Waals surface area (Å²) in [5, 5.41) is 0.191. The van der Waals surface area contributed by atoms with Crippen molar-refractivity contribution >= 4 is 45.0 Å². The molecule has 0 aliphatic carbocycles. The number of piperidine rings is 1. The number of rotatable bonds is 6. The molecule has 8 nitrogen and oxygen atoms in total. The molecule has 0 N–H and O–H groups in total. The Morgan fingerprint density at radius 2 is 1.58 bits per heavy atom. The molecule has 0 spiro atoms. The van der Waals surface area contributed by atoms with Crippen LogP contribution < -0.4 is 0 Å². The quantitative estimate of drug-likeness (QED) is 0.441. The van der Waals surface area contributed by atoms with Gasteiger partial charge in [0.05, 0.1) is 17.1 Å².